The van der Waals surface area contributed by atoms with Crippen LogP contribution in [0.4, 0.5) is 0 Å². The standard InChI is InChI=1S/C43H88N3O.CH4O4S/c1-4-6-8-10-12-14-16-18-20-22-24-26-28-30-32-34-36-44-38-40-46(3,42-43-47)41-39-45-37-35-33-31-29-27-25-23-21-19-17-15-13-11-9-7-5-2;1-5-6(2,3)4/h18-21,44-45,47H,4-17,22-43H2,1-3H3;1H3,(H,2,3,4)/q+1;/p-1/b20-18-,21-19-;. The van der Waals surface area contributed by atoms with Crippen molar-refractivity contribution in [1.29, 1.82) is 0 Å². The van der Waals surface area contributed by atoms with E-state index in [1.807, 2.05) is 0 Å². The molecule has 318 valence electrons. The average Bonchev–Trinajstić information content (AvgIpc) is 3.13. The van der Waals surface area contributed by atoms with Crippen LogP contribution in [0.2, 0.25) is 0 Å². The number of allylic oxidation sites excluding steroid dienone is 4. The molecule has 0 bridgehead atoms. The summed E-state index contributed by atoms with van der Waals surface area (Å²) in [4.78, 5) is 0. The zero-order valence-electron chi connectivity index (χ0n) is 35.7. The maximum Gasteiger partial charge on any atom is 0.217 e. The molecular weight excluding hydrogens is 683 g/mol. The summed E-state index contributed by atoms with van der Waals surface area (Å²) in [5, 5.41) is 17.0. The first-order chi connectivity index (χ1) is 25.7. The summed E-state index contributed by atoms with van der Waals surface area (Å²) in [7, 11) is -1.29. The van der Waals surface area contributed by atoms with Crippen LogP contribution >= 0.6 is 0 Å². The summed E-state index contributed by atoms with van der Waals surface area (Å²) in [6.07, 6.45) is 47.9. The van der Waals surface area contributed by atoms with Crippen LogP contribution in [0.15, 0.2) is 24.3 Å². The van der Waals surface area contributed by atoms with E-state index in [2.05, 4.69) is 60.0 Å². The monoisotopic (exact) mass is 774 g/mol. The van der Waals surface area contributed by atoms with E-state index in [1.165, 1.54) is 180 Å². The van der Waals surface area contributed by atoms with Gasteiger partial charge in [-0.2, -0.15) is 0 Å². The van der Waals surface area contributed by atoms with Crippen molar-refractivity contribution in [3.8, 4) is 0 Å². The van der Waals surface area contributed by atoms with Crippen LogP contribution in [0, 0.1) is 0 Å². The van der Waals surface area contributed by atoms with Gasteiger partial charge in [-0.05, 0) is 77.3 Å². The van der Waals surface area contributed by atoms with E-state index >= 15 is 0 Å². The number of aliphatic hydroxyl groups is 1. The number of nitrogens with one attached hydrogen (secondary N) is 2. The molecule has 0 aromatic carbocycles. The quantitative estimate of drug-likeness (QED) is 0.0186. The molecule has 0 rings (SSSR count). The number of likely N-dealkylation sites (N-methyl/N-ethyl adjacent to an activating group) is 1. The number of nitrogens with zero attached hydrogens (tertiary/aromatic N) is 1. The molecule has 0 spiro atoms. The van der Waals surface area contributed by atoms with Crippen molar-refractivity contribution in [2.45, 2.75) is 194 Å². The summed E-state index contributed by atoms with van der Waals surface area (Å²) in [5.41, 5.74) is 0. The second kappa shape index (κ2) is 43.9. The molecule has 0 aliphatic carbocycles. The van der Waals surface area contributed by atoms with Crippen molar-refractivity contribution < 1.29 is 26.7 Å². The molecule has 0 heterocycles. The molecule has 3 N–H and O–H groups in total. The van der Waals surface area contributed by atoms with Gasteiger partial charge in [0.15, 0.2) is 0 Å². The Kier molecular flexibility index (Phi) is 45.0. The SMILES string of the molecule is CCCCCCCC/C=C\CCCCCCCCNCC[N+](C)(CCO)CCNCCCCCCCC/C=C\CCCCCCCC.COS(=O)(=O)[O-]. The van der Waals surface area contributed by atoms with Gasteiger partial charge in [0.2, 0.25) is 10.4 Å². The fraction of sp³-hybridized carbons (Fsp3) is 0.909. The van der Waals surface area contributed by atoms with Gasteiger partial charge in [0, 0.05) is 13.1 Å². The van der Waals surface area contributed by atoms with Gasteiger partial charge in [-0.25, -0.2) is 8.42 Å². The summed E-state index contributed by atoms with van der Waals surface area (Å²) >= 11 is 0. The van der Waals surface area contributed by atoms with E-state index in [1.54, 1.807) is 0 Å². The van der Waals surface area contributed by atoms with Crippen LogP contribution in [0.3, 0.4) is 0 Å². The Bertz CT molecular complexity index is 821. The van der Waals surface area contributed by atoms with Crippen LogP contribution in [-0.2, 0) is 14.6 Å². The second-order valence-electron chi connectivity index (χ2n) is 15.5. The Morgan fingerprint density at radius 3 is 1.08 bits per heavy atom. The predicted molar refractivity (Wildman–Crippen MR) is 229 cm³/mol. The minimum absolute atomic E-state index is 0.278. The van der Waals surface area contributed by atoms with Crippen molar-refractivity contribution in [3.05, 3.63) is 24.3 Å². The third-order valence-electron chi connectivity index (χ3n) is 10.2. The van der Waals surface area contributed by atoms with Gasteiger partial charge in [0.1, 0.15) is 6.54 Å². The Morgan fingerprint density at radius 1 is 0.509 bits per heavy atom. The van der Waals surface area contributed by atoms with Crippen molar-refractivity contribution in [2.75, 3.05) is 66.6 Å². The lowest BCUT2D eigenvalue weighted by atomic mass is 10.1. The first kappa shape index (κ1) is 54.3. The lowest BCUT2D eigenvalue weighted by molar-refractivity contribution is -0.907. The second-order valence-corrected chi connectivity index (χ2v) is 16.6. The number of quaternary nitrogens is 1. The smallest absolute Gasteiger partial charge is 0.217 e. The zero-order valence-corrected chi connectivity index (χ0v) is 36.5. The highest BCUT2D eigenvalue weighted by Crippen LogP contribution is 2.11. The zero-order chi connectivity index (χ0) is 39.4. The number of hydrogen-bond acceptors (Lipinski definition) is 7. The van der Waals surface area contributed by atoms with Crippen LogP contribution in [0.5, 0.6) is 0 Å². The molecule has 9 heteroatoms. The van der Waals surface area contributed by atoms with Gasteiger partial charge in [-0.15, -0.1) is 0 Å². The fourth-order valence-corrected chi connectivity index (χ4v) is 6.52. The minimum Gasteiger partial charge on any atom is -0.726 e. The van der Waals surface area contributed by atoms with Gasteiger partial charge >= 0.3 is 0 Å². The molecule has 0 unspecified atom stereocenters. The Hall–Kier alpha value is -0.810. The van der Waals surface area contributed by atoms with Gasteiger partial charge in [0.05, 0.1) is 33.9 Å². The molecule has 0 aromatic heterocycles. The summed E-state index contributed by atoms with van der Waals surface area (Å²) in [6, 6.07) is 0. The van der Waals surface area contributed by atoms with E-state index in [0.717, 1.165) is 57.4 Å². The number of rotatable bonds is 41. The van der Waals surface area contributed by atoms with Gasteiger partial charge < -0.3 is 24.8 Å². The maximum atomic E-state index is 9.66. The molecular formula is C44H91N3O5S. The minimum atomic E-state index is -4.41. The summed E-state index contributed by atoms with van der Waals surface area (Å²) in [5.74, 6) is 0. The van der Waals surface area contributed by atoms with E-state index in [4.69, 9.17) is 0 Å². The van der Waals surface area contributed by atoms with Gasteiger partial charge in [-0.1, -0.05) is 154 Å². The first-order valence-corrected chi connectivity index (χ1v) is 23.7. The Balaban J connectivity index is 0. The third-order valence-corrected chi connectivity index (χ3v) is 10.6. The average molecular weight is 774 g/mol. The summed E-state index contributed by atoms with van der Waals surface area (Å²) in [6.45, 7) is 12.3. The molecule has 0 aromatic rings. The first-order valence-electron chi connectivity index (χ1n) is 22.4. The molecule has 53 heavy (non-hydrogen) atoms. The van der Waals surface area contributed by atoms with Crippen LogP contribution in [0.1, 0.15) is 194 Å². The molecule has 0 saturated heterocycles. The molecule has 0 saturated carbocycles. The molecule has 8 nitrogen and oxygen atoms in total. The Labute approximate surface area is 331 Å². The van der Waals surface area contributed by atoms with Gasteiger partial charge in [-0.3, -0.25) is 4.18 Å². The van der Waals surface area contributed by atoms with Crippen LogP contribution < -0.4 is 10.6 Å². The van der Waals surface area contributed by atoms with Crippen molar-refractivity contribution in [3.63, 3.8) is 0 Å². The molecule has 0 atom stereocenters. The maximum absolute atomic E-state index is 9.66. The lowest BCUT2D eigenvalue weighted by Gasteiger charge is -2.34. The predicted octanol–water partition coefficient (Wildman–Crippen LogP) is 10.8. The number of aliphatic hydroxyl groups excluding tert-OH is 1. The normalized spacial score (nSPS) is 12.3. The van der Waals surface area contributed by atoms with Crippen LogP contribution in [0.25, 0.3) is 0 Å². The van der Waals surface area contributed by atoms with Crippen LogP contribution in [-0.4, -0.2) is 89.1 Å². The third kappa shape index (κ3) is 49.2. The largest absolute Gasteiger partial charge is 0.726 e. The van der Waals surface area contributed by atoms with Crippen molar-refractivity contribution >= 4 is 10.4 Å². The van der Waals surface area contributed by atoms with E-state index in [-0.39, 0.29) is 6.61 Å². The molecule has 0 radical (unpaired) electrons. The summed E-state index contributed by atoms with van der Waals surface area (Å²) < 4.78 is 32.0. The van der Waals surface area contributed by atoms with E-state index in [9.17, 15) is 18.1 Å². The molecule has 0 aliphatic rings. The van der Waals surface area contributed by atoms with Crippen molar-refractivity contribution in [2.24, 2.45) is 0 Å². The van der Waals surface area contributed by atoms with E-state index in [0.29, 0.717) is 0 Å². The highest BCUT2D eigenvalue weighted by Gasteiger charge is 2.19. The highest BCUT2D eigenvalue weighted by atomic mass is 32.3. The van der Waals surface area contributed by atoms with Crippen molar-refractivity contribution in [1.82, 2.24) is 10.6 Å². The molecule has 0 amide bonds. The molecule has 0 fully saturated rings. The van der Waals surface area contributed by atoms with Gasteiger partial charge in [0.25, 0.3) is 0 Å². The Morgan fingerprint density at radius 2 is 0.792 bits per heavy atom. The highest BCUT2D eigenvalue weighted by molar-refractivity contribution is 7.80. The fourth-order valence-electron chi connectivity index (χ4n) is 6.52. The number of unbranched alkanes of at least 4 members (excludes halogenated alkanes) is 24. The van der Waals surface area contributed by atoms with E-state index < -0.39 is 10.4 Å². The molecule has 0 aliphatic heterocycles. The topological polar surface area (TPSA) is 111 Å². The number of hydrogen-bond donors (Lipinski definition) is 3. The lowest BCUT2D eigenvalue weighted by Crippen LogP contribution is -2.52.